The maximum atomic E-state index is 12.0. The Bertz CT molecular complexity index is 462. The van der Waals surface area contributed by atoms with Gasteiger partial charge >= 0.3 is 0 Å². The largest absolute Gasteiger partial charge is 0.364 e. The topological polar surface area (TPSA) is 64.3 Å². The molecule has 1 saturated carbocycles. The fraction of sp³-hybridized carbons (Fsp3) is 0.588. The zero-order chi connectivity index (χ0) is 15.3. The van der Waals surface area contributed by atoms with Crippen LogP contribution in [-0.4, -0.2) is 24.7 Å². The highest BCUT2D eigenvalue weighted by molar-refractivity contribution is 5.91. The summed E-state index contributed by atoms with van der Waals surface area (Å²) >= 11 is 0. The van der Waals surface area contributed by atoms with Gasteiger partial charge in [0.05, 0.1) is 5.60 Å². The Balaban J connectivity index is 1.83. The number of hydrogen-bond donors (Lipinski definition) is 2. The summed E-state index contributed by atoms with van der Waals surface area (Å²) < 4.78 is 5.89. The molecule has 0 atom stereocenters. The second-order valence-corrected chi connectivity index (χ2v) is 6.27. The molecule has 0 unspecified atom stereocenters. The number of ether oxygens (including phenoxy) is 1. The first-order valence-corrected chi connectivity index (χ1v) is 7.73. The van der Waals surface area contributed by atoms with E-state index in [2.05, 4.69) is 12.2 Å². The number of anilines is 1. The van der Waals surface area contributed by atoms with Crippen LogP contribution in [0.3, 0.4) is 0 Å². The minimum Gasteiger partial charge on any atom is -0.364 e. The lowest BCUT2D eigenvalue weighted by molar-refractivity contribution is -0.131. The monoisotopic (exact) mass is 290 g/mol. The molecule has 4 heteroatoms. The minimum atomic E-state index is -0.308. The minimum absolute atomic E-state index is 0.0689. The molecule has 1 aliphatic carbocycles. The van der Waals surface area contributed by atoms with Crippen LogP contribution in [0.2, 0.25) is 0 Å². The van der Waals surface area contributed by atoms with Gasteiger partial charge in [-0.1, -0.05) is 24.6 Å². The Hall–Kier alpha value is -1.39. The highest BCUT2D eigenvalue weighted by atomic mass is 16.5. The smallest absolute Gasteiger partial charge is 0.250 e. The van der Waals surface area contributed by atoms with E-state index in [0.29, 0.717) is 6.54 Å². The van der Waals surface area contributed by atoms with E-state index in [1.807, 2.05) is 31.2 Å². The van der Waals surface area contributed by atoms with Gasteiger partial charge in [-0.3, -0.25) is 4.79 Å². The number of hydrogen-bond acceptors (Lipinski definition) is 3. The van der Waals surface area contributed by atoms with Crippen LogP contribution in [-0.2, 0) is 9.53 Å². The zero-order valence-corrected chi connectivity index (χ0v) is 13.0. The van der Waals surface area contributed by atoms with Crippen molar-refractivity contribution in [2.45, 2.75) is 45.1 Å². The van der Waals surface area contributed by atoms with E-state index in [4.69, 9.17) is 10.5 Å². The van der Waals surface area contributed by atoms with Gasteiger partial charge < -0.3 is 15.8 Å². The normalized spacial score (nSPS) is 25.6. The summed E-state index contributed by atoms with van der Waals surface area (Å²) in [4.78, 5) is 12.0. The predicted molar refractivity (Wildman–Crippen MR) is 85.2 cm³/mol. The summed E-state index contributed by atoms with van der Waals surface area (Å²) in [7, 11) is 0. The van der Waals surface area contributed by atoms with Crippen molar-refractivity contribution in [2.24, 2.45) is 11.7 Å². The Labute approximate surface area is 127 Å². The van der Waals surface area contributed by atoms with Crippen molar-refractivity contribution in [1.82, 2.24) is 0 Å². The molecule has 0 aliphatic heterocycles. The first kappa shape index (κ1) is 16.0. The average Bonchev–Trinajstić information content (AvgIpc) is 2.50. The summed E-state index contributed by atoms with van der Waals surface area (Å²) in [5, 5.41) is 2.85. The SMILES string of the molecule is Cc1ccc(NC(=O)COC2(CN)CCC(C)CC2)cc1. The van der Waals surface area contributed by atoms with Crippen molar-refractivity contribution in [3.8, 4) is 0 Å². The molecule has 1 aromatic rings. The molecular formula is C17H26N2O2. The van der Waals surface area contributed by atoms with Crippen LogP contribution < -0.4 is 11.1 Å². The van der Waals surface area contributed by atoms with Gasteiger partial charge in [-0.05, 0) is 50.7 Å². The zero-order valence-electron chi connectivity index (χ0n) is 13.0. The van der Waals surface area contributed by atoms with Gasteiger partial charge in [0.2, 0.25) is 5.91 Å². The molecule has 1 aromatic carbocycles. The van der Waals surface area contributed by atoms with Gasteiger partial charge in [-0.15, -0.1) is 0 Å². The van der Waals surface area contributed by atoms with Crippen LogP contribution in [0.15, 0.2) is 24.3 Å². The van der Waals surface area contributed by atoms with E-state index in [1.165, 1.54) is 5.56 Å². The van der Waals surface area contributed by atoms with Gasteiger partial charge in [-0.25, -0.2) is 0 Å². The van der Waals surface area contributed by atoms with Crippen molar-refractivity contribution in [3.63, 3.8) is 0 Å². The van der Waals surface area contributed by atoms with Crippen LogP contribution in [0.25, 0.3) is 0 Å². The fourth-order valence-electron chi connectivity index (χ4n) is 2.75. The van der Waals surface area contributed by atoms with Crippen LogP contribution in [0.5, 0.6) is 0 Å². The number of carbonyl (C=O) groups is 1. The summed E-state index contributed by atoms with van der Waals surface area (Å²) in [5.74, 6) is 0.611. The Morgan fingerprint density at radius 1 is 1.33 bits per heavy atom. The molecule has 0 saturated heterocycles. The Morgan fingerprint density at radius 2 is 1.95 bits per heavy atom. The lowest BCUT2D eigenvalue weighted by atomic mass is 9.79. The fourth-order valence-corrected chi connectivity index (χ4v) is 2.75. The highest BCUT2D eigenvalue weighted by Crippen LogP contribution is 2.33. The molecule has 1 fully saturated rings. The van der Waals surface area contributed by atoms with E-state index in [0.717, 1.165) is 37.3 Å². The molecule has 0 radical (unpaired) electrons. The third kappa shape index (κ3) is 4.55. The second kappa shape index (κ2) is 7.05. The number of benzene rings is 1. The number of aryl methyl sites for hydroxylation is 1. The van der Waals surface area contributed by atoms with Crippen molar-refractivity contribution in [1.29, 1.82) is 0 Å². The molecule has 0 bridgehead atoms. The molecule has 3 N–H and O–H groups in total. The maximum Gasteiger partial charge on any atom is 0.250 e. The summed E-state index contributed by atoms with van der Waals surface area (Å²) in [6, 6.07) is 7.74. The van der Waals surface area contributed by atoms with Crippen molar-refractivity contribution >= 4 is 11.6 Å². The Kier molecular flexibility index (Phi) is 5.37. The number of rotatable bonds is 5. The van der Waals surface area contributed by atoms with Gasteiger partial charge in [0.15, 0.2) is 0 Å². The van der Waals surface area contributed by atoms with E-state index in [-0.39, 0.29) is 18.1 Å². The molecule has 0 spiro atoms. The van der Waals surface area contributed by atoms with Gasteiger partial charge in [0.25, 0.3) is 0 Å². The van der Waals surface area contributed by atoms with Crippen LogP contribution in [0.1, 0.15) is 38.2 Å². The second-order valence-electron chi connectivity index (χ2n) is 6.27. The summed E-state index contributed by atoms with van der Waals surface area (Å²) in [6.07, 6.45) is 4.14. The third-order valence-electron chi connectivity index (χ3n) is 4.40. The summed E-state index contributed by atoms with van der Waals surface area (Å²) in [6.45, 7) is 4.82. The standard InChI is InChI=1S/C17H26N2O2/c1-13-3-5-15(6-4-13)19-16(20)11-21-17(12-18)9-7-14(2)8-10-17/h3-6,14H,7-12,18H2,1-2H3,(H,19,20). The predicted octanol–water partition coefficient (Wildman–Crippen LogP) is 2.86. The molecule has 116 valence electrons. The van der Waals surface area contributed by atoms with Gasteiger partial charge in [-0.2, -0.15) is 0 Å². The highest BCUT2D eigenvalue weighted by Gasteiger charge is 2.34. The van der Waals surface area contributed by atoms with Crippen molar-refractivity contribution < 1.29 is 9.53 Å². The number of carbonyl (C=O) groups excluding carboxylic acids is 1. The molecule has 0 heterocycles. The van der Waals surface area contributed by atoms with Crippen LogP contribution >= 0.6 is 0 Å². The number of amides is 1. The quantitative estimate of drug-likeness (QED) is 0.876. The Morgan fingerprint density at radius 3 is 2.52 bits per heavy atom. The van der Waals surface area contributed by atoms with Crippen LogP contribution in [0, 0.1) is 12.8 Å². The first-order chi connectivity index (χ1) is 10.0. The molecular weight excluding hydrogens is 264 g/mol. The lowest BCUT2D eigenvalue weighted by Crippen LogP contribution is -2.45. The van der Waals surface area contributed by atoms with E-state index < -0.39 is 0 Å². The molecule has 0 aromatic heterocycles. The summed E-state index contributed by atoms with van der Waals surface area (Å²) in [5.41, 5.74) is 7.54. The average molecular weight is 290 g/mol. The third-order valence-corrected chi connectivity index (χ3v) is 4.40. The lowest BCUT2D eigenvalue weighted by Gasteiger charge is -2.38. The molecule has 21 heavy (non-hydrogen) atoms. The van der Waals surface area contributed by atoms with Crippen molar-refractivity contribution in [3.05, 3.63) is 29.8 Å². The molecule has 1 aliphatic rings. The van der Waals surface area contributed by atoms with E-state index in [1.54, 1.807) is 0 Å². The van der Waals surface area contributed by atoms with Crippen LogP contribution in [0.4, 0.5) is 5.69 Å². The first-order valence-electron chi connectivity index (χ1n) is 7.73. The van der Waals surface area contributed by atoms with E-state index in [9.17, 15) is 4.79 Å². The molecule has 4 nitrogen and oxygen atoms in total. The number of nitrogens with two attached hydrogens (primary N) is 1. The van der Waals surface area contributed by atoms with Crippen molar-refractivity contribution in [2.75, 3.05) is 18.5 Å². The van der Waals surface area contributed by atoms with Gasteiger partial charge in [0.1, 0.15) is 6.61 Å². The van der Waals surface area contributed by atoms with Gasteiger partial charge in [0, 0.05) is 12.2 Å². The molecule has 1 amide bonds. The van der Waals surface area contributed by atoms with E-state index >= 15 is 0 Å². The molecule has 2 rings (SSSR count). The maximum absolute atomic E-state index is 12.0. The number of nitrogens with one attached hydrogen (secondary N) is 1.